The van der Waals surface area contributed by atoms with E-state index in [0.29, 0.717) is 18.2 Å². The van der Waals surface area contributed by atoms with Crippen molar-refractivity contribution in [1.29, 1.82) is 0 Å². The van der Waals surface area contributed by atoms with E-state index >= 15 is 0 Å². The Bertz CT molecular complexity index is 444. The van der Waals surface area contributed by atoms with Crippen LogP contribution in [0.4, 0.5) is 5.69 Å². The van der Waals surface area contributed by atoms with Crippen molar-refractivity contribution in [1.82, 2.24) is 4.90 Å². The first-order chi connectivity index (χ1) is 9.20. The van der Waals surface area contributed by atoms with Gasteiger partial charge >= 0.3 is 0 Å². The molecule has 104 valence electrons. The number of hydrogen-bond donors (Lipinski definition) is 0. The van der Waals surface area contributed by atoms with E-state index in [0.717, 1.165) is 13.1 Å². The van der Waals surface area contributed by atoms with Crippen LogP contribution in [0.1, 0.15) is 19.3 Å². The molecule has 1 aromatic rings. The molecule has 2 rings (SSSR count). The van der Waals surface area contributed by atoms with Gasteiger partial charge in [0.1, 0.15) is 6.73 Å². The molecule has 1 aliphatic rings. The maximum atomic E-state index is 10.7. The lowest BCUT2D eigenvalue weighted by Crippen LogP contribution is -2.33. The first-order valence-corrected chi connectivity index (χ1v) is 6.38. The highest BCUT2D eigenvalue weighted by molar-refractivity contribution is 5.48. The van der Waals surface area contributed by atoms with Crippen LogP contribution in [0, 0.1) is 10.1 Å². The third-order valence-electron chi connectivity index (χ3n) is 3.21. The van der Waals surface area contributed by atoms with Crippen LogP contribution in [0.25, 0.3) is 0 Å². The summed E-state index contributed by atoms with van der Waals surface area (Å²) in [4.78, 5) is 12.5. The Morgan fingerprint density at radius 3 is 2.63 bits per heavy atom. The maximum absolute atomic E-state index is 10.7. The molecule has 0 aromatic heterocycles. The van der Waals surface area contributed by atoms with Crippen LogP contribution in [-0.4, -0.2) is 36.8 Å². The Morgan fingerprint density at radius 1 is 1.26 bits per heavy atom. The first-order valence-electron chi connectivity index (χ1n) is 6.38. The maximum Gasteiger partial charge on any atom is 0.273 e. The zero-order chi connectivity index (χ0) is 13.7. The van der Waals surface area contributed by atoms with E-state index < -0.39 is 4.92 Å². The second-order valence-corrected chi connectivity index (χ2v) is 4.54. The summed E-state index contributed by atoms with van der Waals surface area (Å²) in [5.74, 6) is 0.935. The molecular formula is C13H18N2O4. The number of methoxy groups -OCH3 is 1. The normalized spacial score (nSPS) is 16.1. The highest BCUT2D eigenvalue weighted by Gasteiger charge is 2.14. The van der Waals surface area contributed by atoms with E-state index in [4.69, 9.17) is 9.47 Å². The fraction of sp³-hybridized carbons (Fsp3) is 0.538. The minimum absolute atomic E-state index is 0.00201. The van der Waals surface area contributed by atoms with Crippen molar-refractivity contribution in [2.75, 3.05) is 26.9 Å². The second kappa shape index (κ2) is 6.38. The number of piperidine rings is 1. The van der Waals surface area contributed by atoms with Gasteiger partial charge in [-0.3, -0.25) is 15.0 Å². The van der Waals surface area contributed by atoms with Gasteiger partial charge in [0, 0.05) is 19.2 Å². The van der Waals surface area contributed by atoms with Gasteiger partial charge in [-0.15, -0.1) is 0 Å². The quantitative estimate of drug-likeness (QED) is 0.605. The van der Waals surface area contributed by atoms with Gasteiger partial charge in [-0.05, 0) is 18.9 Å². The zero-order valence-electron chi connectivity index (χ0n) is 11.0. The summed E-state index contributed by atoms with van der Waals surface area (Å²) in [5.41, 5.74) is 0.00201. The van der Waals surface area contributed by atoms with Crippen LogP contribution in [-0.2, 0) is 0 Å². The molecule has 0 amide bonds. The second-order valence-electron chi connectivity index (χ2n) is 4.54. The molecule has 0 spiro atoms. The number of non-ortho nitro benzene ring substituents is 1. The Labute approximate surface area is 112 Å². The van der Waals surface area contributed by atoms with Gasteiger partial charge in [-0.2, -0.15) is 0 Å². The fourth-order valence-corrected chi connectivity index (χ4v) is 2.14. The molecule has 1 fully saturated rings. The van der Waals surface area contributed by atoms with Crippen molar-refractivity contribution < 1.29 is 14.4 Å². The number of likely N-dealkylation sites (tertiary alicyclic amines) is 1. The predicted octanol–water partition coefficient (Wildman–Crippen LogP) is 2.43. The summed E-state index contributed by atoms with van der Waals surface area (Å²) >= 11 is 0. The minimum Gasteiger partial charge on any atom is -0.493 e. The number of nitro benzene ring substituents is 1. The van der Waals surface area contributed by atoms with Crippen molar-refractivity contribution in [2.24, 2.45) is 0 Å². The van der Waals surface area contributed by atoms with Gasteiger partial charge in [-0.1, -0.05) is 6.42 Å². The number of ether oxygens (including phenoxy) is 2. The van der Waals surface area contributed by atoms with Gasteiger partial charge in [-0.25, -0.2) is 0 Å². The Morgan fingerprint density at radius 2 is 2.00 bits per heavy atom. The van der Waals surface area contributed by atoms with Crippen molar-refractivity contribution in [3.63, 3.8) is 0 Å². The highest BCUT2D eigenvalue weighted by Crippen LogP contribution is 2.31. The summed E-state index contributed by atoms with van der Waals surface area (Å²) < 4.78 is 10.8. The average molecular weight is 266 g/mol. The molecule has 0 aliphatic carbocycles. The lowest BCUT2D eigenvalue weighted by Gasteiger charge is -2.26. The molecule has 0 atom stereocenters. The lowest BCUT2D eigenvalue weighted by molar-refractivity contribution is -0.385. The Balaban J connectivity index is 2.00. The fourth-order valence-electron chi connectivity index (χ4n) is 2.14. The SMILES string of the molecule is COc1cc([N+](=O)[O-])ccc1OCN1CCCCC1. The summed E-state index contributed by atoms with van der Waals surface area (Å²) in [6.45, 7) is 2.57. The minimum atomic E-state index is -0.447. The van der Waals surface area contributed by atoms with Crippen LogP contribution in [0.3, 0.4) is 0 Å². The zero-order valence-corrected chi connectivity index (χ0v) is 11.0. The van der Waals surface area contributed by atoms with Crippen molar-refractivity contribution in [3.05, 3.63) is 28.3 Å². The van der Waals surface area contributed by atoms with Gasteiger partial charge in [0.05, 0.1) is 18.1 Å². The molecule has 1 heterocycles. The van der Waals surface area contributed by atoms with Gasteiger partial charge in [0.2, 0.25) is 0 Å². The lowest BCUT2D eigenvalue weighted by atomic mass is 10.1. The standard InChI is InChI=1S/C13H18N2O4/c1-18-13-9-11(15(16)17)5-6-12(13)19-10-14-7-3-2-4-8-14/h5-6,9H,2-4,7-8,10H2,1H3. The molecule has 1 saturated heterocycles. The number of nitro groups is 1. The van der Waals surface area contributed by atoms with E-state index in [1.165, 1.54) is 38.5 Å². The summed E-state index contributed by atoms with van der Waals surface area (Å²) in [7, 11) is 1.48. The Hall–Kier alpha value is -1.82. The Kier molecular flexibility index (Phi) is 4.57. The summed E-state index contributed by atoms with van der Waals surface area (Å²) in [6, 6.07) is 4.39. The van der Waals surface area contributed by atoms with Crippen LogP contribution in [0.5, 0.6) is 11.5 Å². The summed E-state index contributed by atoms with van der Waals surface area (Å²) in [6.07, 6.45) is 3.67. The van der Waals surface area contributed by atoms with Gasteiger partial charge in [0.25, 0.3) is 5.69 Å². The topological polar surface area (TPSA) is 64.8 Å². The van der Waals surface area contributed by atoms with Crippen LogP contribution < -0.4 is 9.47 Å². The molecule has 6 nitrogen and oxygen atoms in total. The largest absolute Gasteiger partial charge is 0.493 e. The molecule has 1 aromatic carbocycles. The van der Waals surface area contributed by atoms with Gasteiger partial charge < -0.3 is 9.47 Å². The average Bonchev–Trinajstić information content (AvgIpc) is 2.45. The number of benzene rings is 1. The molecular weight excluding hydrogens is 248 g/mol. The molecule has 0 saturated carbocycles. The molecule has 1 aliphatic heterocycles. The van der Waals surface area contributed by atoms with E-state index in [9.17, 15) is 10.1 Å². The highest BCUT2D eigenvalue weighted by atomic mass is 16.6. The molecule has 0 N–H and O–H groups in total. The smallest absolute Gasteiger partial charge is 0.273 e. The predicted molar refractivity (Wildman–Crippen MR) is 70.6 cm³/mol. The molecule has 19 heavy (non-hydrogen) atoms. The van der Waals surface area contributed by atoms with Crippen molar-refractivity contribution in [2.45, 2.75) is 19.3 Å². The number of rotatable bonds is 5. The monoisotopic (exact) mass is 266 g/mol. The van der Waals surface area contributed by atoms with Crippen LogP contribution in [0.15, 0.2) is 18.2 Å². The van der Waals surface area contributed by atoms with E-state index in [1.54, 1.807) is 6.07 Å². The van der Waals surface area contributed by atoms with E-state index in [2.05, 4.69) is 4.90 Å². The first kappa shape index (κ1) is 13.6. The number of hydrogen-bond acceptors (Lipinski definition) is 5. The summed E-state index contributed by atoms with van der Waals surface area (Å²) in [5, 5.41) is 10.7. The molecule has 6 heteroatoms. The molecule has 0 radical (unpaired) electrons. The molecule has 0 unspecified atom stereocenters. The van der Waals surface area contributed by atoms with Crippen LogP contribution >= 0.6 is 0 Å². The third-order valence-corrected chi connectivity index (χ3v) is 3.21. The van der Waals surface area contributed by atoms with Crippen molar-refractivity contribution in [3.8, 4) is 11.5 Å². The van der Waals surface area contributed by atoms with Crippen molar-refractivity contribution >= 4 is 5.69 Å². The van der Waals surface area contributed by atoms with Gasteiger partial charge in [0.15, 0.2) is 11.5 Å². The van der Waals surface area contributed by atoms with Crippen LogP contribution in [0.2, 0.25) is 0 Å². The number of nitrogens with zero attached hydrogens (tertiary/aromatic N) is 2. The third kappa shape index (κ3) is 3.57. The van der Waals surface area contributed by atoms with E-state index in [-0.39, 0.29) is 5.69 Å². The van der Waals surface area contributed by atoms with E-state index in [1.807, 2.05) is 0 Å². The molecule has 0 bridgehead atoms.